The molecule has 0 rings (SSSR count). The van der Waals surface area contributed by atoms with Crippen LogP contribution in [0.15, 0.2) is 24.8 Å². The normalized spacial score (nSPS) is 13.2. The second kappa shape index (κ2) is 5.71. The predicted octanol–water partition coefficient (Wildman–Crippen LogP) is 2.23. The molecule has 0 aromatic heterocycles. The third kappa shape index (κ3) is 5.40. The molecule has 0 aliphatic rings. The van der Waals surface area contributed by atoms with E-state index in [1.807, 2.05) is 12.2 Å². The van der Waals surface area contributed by atoms with E-state index in [9.17, 15) is 4.79 Å². The second-order valence-corrected chi connectivity index (χ2v) is 2.42. The highest BCUT2D eigenvalue weighted by molar-refractivity contribution is 5.71. The van der Waals surface area contributed by atoms with Crippen LogP contribution in [0.3, 0.4) is 0 Å². The lowest BCUT2D eigenvalue weighted by molar-refractivity contribution is -0.139. The number of carbonyl (C=O) groups is 1. The van der Waals surface area contributed by atoms with Crippen molar-refractivity contribution >= 4 is 5.97 Å². The zero-order chi connectivity index (χ0) is 8.69. The number of aliphatic carboxylic acids is 1. The molecule has 0 amide bonds. The van der Waals surface area contributed by atoms with Gasteiger partial charge in [-0.1, -0.05) is 18.2 Å². The molecule has 0 aromatic carbocycles. The summed E-state index contributed by atoms with van der Waals surface area (Å²) in [6.45, 7) is 5.22. The number of rotatable bonds is 5. The minimum atomic E-state index is -0.778. The van der Waals surface area contributed by atoms with Gasteiger partial charge in [-0.25, -0.2) is 0 Å². The summed E-state index contributed by atoms with van der Waals surface area (Å²) in [5, 5.41) is 8.47. The highest BCUT2D eigenvalue weighted by atomic mass is 16.4. The lowest BCUT2D eigenvalue weighted by atomic mass is 10.1. The maximum atomic E-state index is 10.3. The Balaban J connectivity index is 3.56. The Kier molecular flexibility index (Phi) is 5.17. The number of hydrogen-bond acceptors (Lipinski definition) is 1. The predicted molar refractivity (Wildman–Crippen MR) is 45.4 cm³/mol. The van der Waals surface area contributed by atoms with Crippen LogP contribution in [0, 0.1) is 5.92 Å². The van der Waals surface area contributed by atoms with E-state index >= 15 is 0 Å². The van der Waals surface area contributed by atoms with Crippen molar-refractivity contribution in [2.24, 2.45) is 5.92 Å². The molecule has 0 saturated heterocycles. The first-order chi connectivity index (χ1) is 5.18. The molecule has 2 nitrogen and oxygen atoms in total. The summed E-state index contributed by atoms with van der Waals surface area (Å²) in [6.07, 6.45) is 7.17. The fourth-order valence-corrected chi connectivity index (χ4v) is 0.597. The number of hydrogen-bond donors (Lipinski definition) is 1. The van der Waals surface area contributed by atoms with Crippen LogP contribution in [0.4, 0.5) is 0 Å². The van der Waals surface area contributed by atoms with Crippen molar-refractivity contribution in [1.82, 2.24) is 0 Å². The third-order valence-electron chi connectivity index (χ3n) is 1.35. The Morgan fingerprint density at radius 1 is 1.64 bits per heavy atom. The number of allylic oxidation sites excluding steroid dienone is 2. The molecule has 0 aliphatic heterocycles. The van der Waals surface area contributed by atoms with Crippen LogP contribution < -0.4 is 0 Å². The van der Waals surface area contributed by atoms with E-state index in [0.29, 0.717) is 0 Å². The summed E-state index contributed by atoms with van der Waals surface area (Å²) in [5.41, 5.74) is 0. The van der Waals surface area contributed by atoms with Gasteiger partial charge >= 0.3 is 5.97 Å². The minimum Gasteiger partial charge on any atom is -0.481 e. The molecule has 0 heterocycles. The van der Waals surface area contributed by atoms with Crippen molar-refractivity contribution < 1.29 is 9.90 Å². The number of unbranched alkanes of at least 4 members (excludes halogenated alkanes) is 1. The van der Waals surface area contributed by atoms with Crippen molar-refractivity contribution in [3.8, 4) is 0 Å². The van der Waals surface area contributed by atoms with E-state index < -0.39 is 5.97 Å². The van der Waals surface area contributed by atoms with Crippen LogP contribution >= 0.6 is 0 Å². The monoisotopic (exact) mass is 154 g/mol. The average molecular weight is 154 g/mol. The highest BCUT2D eigenvalue weighted by Gasteiger charge is 2.03. The summed E-state index contributed by atoms with van der Waals surface area (Å²) in [6, 6.07) is 0. The van der Waals surface area contributed by atoms with Gasteiger partial charge in [0, 0.05) is 0 Å². The van der Waals surface area contributed by atoms with Gasteiger partial charge in [0.15, 0.2) is 0 Å². The minimum absolute atomic E-state index is 0.375. The Bertz CT molecular complexity index is 159. The first-order valence-corrected chi connectivity index (χ1v) is 3.69. The smallest absolute Gasteiger partial charge is 0.310 e. The molecule has 11 heavy (non-hydrogen) atoms. The van der Waals surface area contributed by atoms with E-state index in [2.05, 4.69) is 6.58 Å². The number of carboxylic acids is 1. The summed E-state index contributed by atoms with van der Waals surface area (Å²) in [4.78, 5) is 10.3. The van der Waals surface area contributed by atoms with Crippen molar-refractivity contribution in [1.29, 1.82) is 0 Å². The molecule has 0 fully saturated rings. The second-order valence-electron chi connectivity index (χ2n) is 2.42. The van der Waals surface area contributed by atoms with Crippen LogP contribution in [0.25, 0.3) is 0 Å². The van der Waals surface area contributed by atoms with Gasteiger partial charge in [0.1, 0.15) is 0 Å². The van der Waals surface area contributed by atoms with Crippen molar-refractivity contribution in [2.75, 3.05) is 0 Å². The maximum absolute atomic E-state index is 10.3. The number of carboxylic acid groups (broad SMARTS) is 1. The van der Waals surface area contributed by atoms with E-state index in [-0.39, 0.29) is 5.92 Å². The Hall–Kier alpha value is -1.05. The van der Waals surface area contributed by atoms with Gasteiger partial charge in [0.05, 0.1) is 5.92 Å². The van der Waals surface area contributed by atoms with Gasteiger partial charge in [-0.05, 0) is 19.8 Å². The largest absolute Gasteiger partial charge is 0.481 e. The first kappa shape index (κ1) is 9.95. The molecular formula is C9H14O2. The van der Waals surface area contributed by atoms with Gasteiger partial charge < -0.3 is 5.11 Å². The fourth-order valence-electron chi connectivity index (χ4n) is 0.597. The molecule has 0 aromatic rings. The van der Waals surface area contributed by atoms with Crippen LogP contribution in [-0.2, 0) is 4.79 Å². The molecule has 1 N–H and O–H groups in total. The van der Waals surface area contributed by atoms with E-state index in [4.69, 9.17) is 5.11 Å². The molecule has 1 atom stereocenters. The maximum Gasteiger partial charge on any atom is 0.310 e. The van der Waals surface area contributed by atoms with E-state index in [0.717, 1.165) is 12.8 Å². The Labute approximate surface area is 67.2 Å². The van der Waals surface area contributed by atoms with Gasteiger partial charge in [-0.3, -0.25) is 4.79 Å². The molecule has 0 bridgehead atoms. The zero-order valence-corrected chi connectivity index (χ0v) is 6.79. The van der Waals surface area contributed by atoms with Crippen molar-refractivity contribution in [2.45, 2.75) is 19.8 Å². The molecule has 62 valence electrons. The van der Waals surface area contributed by atoms with Gasteiger partial charge in [0.25, 0.3) is 0 Å². The quantitative estimate of drug-likeness (QED) is 0.487. The summed E-state index contributed by atoms with van der Waals surface area (Å²) >= 11 is 0. The molecule has 0 saturated carbocycles. The molecule has 0 aliphatic carbocycles. The average Bonchev–Trinajstić information content (AvgIpc) is 1.97. The van der Waals surface area contributed by atoms with Gasteiger partial charge in [0.2, 0.25) is 0 Å². The van der Waals surface area contributed by atoms with E-state index in [1.54, 1.807) is 13.0 Å². The standard InChI is InChI=1S/C9H14O2/c1-3-4-5-6-7-8(2)9(10)11/h3,6-8H,1,4-5H2,2H3,(H,10,11). The highest BCUT2D eigenvalue weighted by Crippen LogP contribution is 1.99. The van der Waals surface area contributed by atoms with Crippen LogP contribution in [0.5, 0.6) is 0 Å². The SMILES string of the molecule is C=CCCC=CC(C)C(=O)O. The lowest BCUT2D eigenvalue weighted by Crippen LogP contribution is -2.05. The summed E-state index contributed by atoms with van der Waals surface area (Å²) < 4.78 is 0. The molecule has 0 radical (unpaired) electrons. The lowest BCUT2D eigenvalue weighted by Gasteiger charge is -1.95. The van der Waals surface area contributed by atoms with Gasteiger partial charge in [-0.2, -0.15) is 0 Å². The molecule has 2 heteroatoms. The van der Waals surface area contributed by atoms with Crippen LogP contribution in [-0.4, -0.2) is 11.1 Å². The fraction of sp³-hybridized carbons (Fsp3) is 0.444. The van der Waals surface area contributed by atoms with E-state index in [1.165, 1.54) is 0 Å². The molecule has 1 unspecified atom stereocenters. The van der Waals surface area contributed by atoms with Crippen LogP contribution in [0.1, 0.15) is 19.8 Å². The molecule has 0 spiro atoms. The van der Waals surface area contributed by atoms with Crippen molar-refractivity contribution in [3.05, 3.63) is 24.8 Å². The van der Waals surface area contributed by atoms with Crippen molar-refractivity contribution in [3.63, 3.8) is 0 Å². The Morgan fingerprint density at radius 3 is 2.73 bits per heavy atom. The molecular weight excluding hydrogens is 140 g/mol. The zero-order valence-electron chi connectivity index (χ0n) is 6.79. The van der Waals surface area contributed by atoms with Crippen LogP contribution in [0.2, 0.25) is 0 Å². The summed E-state index contributed by atoms with van der Waals surface area (Å²) in [7, 11) is 0. The first-order valence-electron chi connectivity index (χ1n) is 3.69. The topological polar surface area (TPSA) is 37.3 Å². The van der Waals surface area contributed by atoms with Gasteiger partial charge in [-0.15, -0.1) is 6.58 Å². The third-order valence-corrected chi connectivity index (χ3v) is 1.35. The summed E-state index contributed by atoms with van der Waals surface area (Å²) in [5.74, 6) is -1.15. The Morgan fingerprint density at radius 2 is 2.27 bits per heavy atom.